The molecule has 2 rings (SSSR count). The lowest BCUT2D eigenvalue weighted by Crippen LogP contribution is -2.04. The molecule has 0 aliphatic carbocycles. The first-order valence-corrected chi connectivity index (χ1v) is 4.72. The summed E-state index contributed by atoms with van der Waals surface area (Å²) in [6, 6.07) is 1.77. The van der Waals surface area contributed by atoms with Crippen LogP contribution in [0.15, 0.2) is 29.1 Å². The van der Waals surface area contributed by atoms with E-state index in [2.05, 4.69) is 25.7 Å². The van der Waals surface area contributed by atoms with Crippen molar-refractivity contribution in [3.8, 4) is 0 Å². The number of ether oxygens (including phenoxy) is 1. The maximum Gasteiger partial charge on any atom is 0.340 e. The highest BCUT2D eigenvalue weighted by atomic mass is 79.9. The molecule has 14 heavy (non-hydrogen) atoms. The van der Waals surface area contributed by atoms with E-state index >= 15 is 0 Å². The Kier molecular flexibility index (Phi) is 2.25. The molecule has 0 radical (unpaired) electrons. The predicted octanol–water partition coefficient (Wildman–Crippen LogP) is 1.88. The lowest BCUT2D eigenvalue weighted by atomic mass is 10.3. The van der Waals surface area contributed by atoms with Crippen LogP contribution in [0.5, 0.6) is 0 Å². The zero-order chi connectivity index (χ0) is 10.1. The van der Waals surface area contributed by atoms with Crippen LogP contribution in [0.3, 0.4) is 0 Å². The van der Waals surface area contributed by atoms with Gasteiger partial charge in [0.25, 0.3) is 0 Å². The van der Waals surface area contributed by atoms with E-state index in [1.165, 1.54) is 7.11 Å². The van der Waals surface area contributed by atoms with E-state index in [0.29, 0.717) is 10.0 Å². The first-order chi connectivity index (χ1) is 6.72. The number of nitrogens with zero attached hydrogens (tertiary/aromatic N) is 2. The second-order valence-corrected chi connectivity index (χ2v) is 3.57. The number of imidazole rings is 1. The molecule has 0 bridgehead atoms. The number of hydrogen-bond donors (Lipinski definition) is 0. The van der Waals surface area contributed by atoms with E-state index in [-0.39, 0.29) is 5.97 Å². The first-order valence-electron chi connectivity index (χ1n) is 3.93. The topological polar surface area (TPSA) is 43.6 Å². The number of halogens is 1. The number of methoxy groups -OCH3 is 1. The smallest absolute Gasteiger partial charge is 0.340 e. The number of carbonyl (C=O) groups is 1. The Morgan fingerprint density at radius 2 is 2.43 bits per heavy atom. The predicted molar refractivity (Wildman–Crippen MR) is 54.2 cm³/mol. The van der Waals surface area contributed by atoms with Gasteiger partial charge in [0, 0.05) is 23.1 Å². The van der Waals surface area contributed by atoms with Gasteiger partial charge in [0.1, 0.15) is 5.65 Å². The summed E-state index contributed by atoms with van der Waals surface area (Å²) in [7, 11) is 1.35. The maximum atomic E-state index is 11.3. The SMILES string of the molecule is COC(=O)c1cn2ccnc2cc1Br. The van der Waals surface area contributed by atoms with Crippen LogP contribution >= 0.6 is 15.9 Å². The molecule has 0 aliphatic rings. The summed E-state index contributed by atoms with van der Waals surface area (Å²) in [5, 5.41) is 0. The van der Waals surface area contributed by atoms with Gasteiger partial charge in [-0.3, -0.25) is 0 Å². The van der Waals surface area contributed by atoms with E-state index in [9.17, 15) is 4.79 Å². The van der Waals surface area contributed by atoms with Crippen LogP contribution in [0.2, 0.25) is 0 Å². The van der Waals surface area contributed by atoms with E-state index in [4.69, 9.17) is 0 Å². The van der Waals surface area contributed by atoms with Gasteiger partial charge in [0.15, 0.2) is 0 Å². The highest BCUT2D eigenvalue weighted by Gasteiger charge is 2.11. The highest BCUT2D eigenvalue weighted by Crippen LogP contribution is 2.19. The largest absolute Gasteiger partial charge is 0.465 e. The van der Waals surface area contributed by atoms with Crippen molar-refractivity contribution in [3.05, 3.63) is 34.7 Å². The molecular weight excluding hydrogens is 248 g/mol. The third kappa shape index (κ3) is 1.39. The zero-order valence-electron chi connectivity index (χ0n) is 7.40. The van der Waals surface area contributed by atoms with Crippen molar-refractivity contribution in [1.82, 2.24) is 9.38 Å². The number of aromatic nitrogens is 2. The summed E-state index contributed by atoms with van der Waals surface area (Å²) in [6.45, 7) is 0. The van der Waals surface area contributed by atoms with Crippen molar-refractivity contribution in [3.63, 3.8) is 0 Å². The minimum atomic E-state index is -0.368. The molecule has 0 amide bonds. The quantitative estimate of drug-likeness (QED) is 0.731. The Balaban J connectivity index is 2.64. The van der Waals surface area contributed by atoms with Gasteiger partial charge >= 0.3 is 5.97 Å². The first kappa shape index (κ1) is 9.21. The number of fused-ring (bicyclic) bond motifs is 1. The summed E-state index contributed by atoms with van der Waals surface area (Å²) >= 11 is 3.29. The van der Waals surface area contributed by atoms with Crippen LogP contribution in [-0.4, -0.2) is 22.5 Å². The van der Waals surface area contributed by atoms with E-state index in [1.807, 2.05) is 0 Å². The van der Waals surface area contributed by atoms with Gasteiger partial charge in [-0.1, -0.05) is 0 Å². The average Bonchev–Trinajstić information content (AvgIpc) is 2.62. The minimum Gasteiger partial charge on any atom is -0.465 e. The van der Waals surface area contributed by atoms with Gasteiger partial charge in [-0.25, -0.2) is 9.78 Å². The molecule has 0 saturated heterocycles. The van der Waals surface area contributed by atoms with E-state index in [0.717, 1.165) is 5.65 Å². The Morgan fingerprint density at radius 1 is 1.64 bits per heavy atom. The summed E-state index contributed by atoms with van der Waals surface area (Å²) in [4.78, 5) is 15.4. The monoisotopic (exact) mass is 254 g/mol. The fourth-order valence-corrected chi connectivity index (χ4v) is 1.67. The van der Waals surface area contributed by atoms with Gasteiger partial charge in [0.2, 0.25) is 0 Å². The van der Waals surface area contributed by atoms with Gasteiger partial charge in [-0.05, 0) is 22.0 Å². The Labute approximate surface area is 88.6 Å². The standard InChI is InChI=1S/C9H7BrN2O2/c1-14-9(13)6-5-12-3-2-11-8(12)4-7(6)10/h2-5H,1H3. The number of hydrogen-bond acceptors (Lipinski definition) is 3. The summed E-state index contributed by atoms with van der Waals surface area (Å²) in [5.74, 6) is -0.368. The minimum absolute atomic E-state index is 0.368. The lowest BCUT2D eigenvalue weighted by Gasteiger charge is -2.02. The maximum absolute atomic E-state index is 11.3. The van der Waals surface area contributed by atoms with Crippen molar-refractivity contribution >= 4 is 27.5 Å². The Morgan fingerprint density at radius 3 is 3.14 bits per heavy atom. The number of pyridine rings is 1. The molecule has 2 aromatic rings. The fourth-order valence-electron chi connectivity index (χ4n) is 1.20. The fraction of sp³-hybridized carbons (Fsp3) is 0.111. The Bertz CT molecular complexity index is 493. The second-order valence-electron chi connectivity index (χ2n) is 2.72. The van der Waals surface area contributed by atoms with Crippen LogP contribution in [0.1, 0.15) is 10.4 Å². The van der Waals surface area contributed by atoms with E-state index in [1.54, 1.807) is 29.1 Å². The third-order valence-corrected chi connectivity index (χ3v) is 2.54. The van der Waals surface area contributed by atoms with Gasteiger partial charge in [-0.2, -0.15) is 0 Å². The average molecular weight is 255 g/mol. The van der Waals surface area contributed by atoms with Gasteiger partial charge in [-0.15, -0.1) is 0 Å². The van der Waals surface area contributed by atoms with Gasteiger partial charge < -0.3 is 9.14 Å². The molecule has 2 heterocycles. The molecule has 4 nitrogen and oxygen atoms in total. The molecule has 2 aromatic heterocycles. The molecule has 72 valence electrons. The molecule has 0 N–H and O–H groups in total. The zero-order valence-corrected chi connectivity index (χ0v) is 8.98. The molecule has 0 aromatic carbocycles. The van der Waals surface area contributed by atoms with Crippen LogP contribution < -0.4 is 0 Å². The molecule has 0 spiro atoms. The molecule has 0 aliphatic heterocycles. The summed E-state index contributed by atoms with van der Waals surface area (Å²) in [5.41, 5.74) is 1.27. The lowest BCUT2D eigenvalue weighted by molar-refractivity contribution is 0.0599. The second kappa shape index (κ2) is 3.42. The third-order valence-electron chi connectivity index (χ3n) is 1.89. The van der Waals surface area contributed by atoms with Crippen LogP contribution in [0.4, 0.5) is 0 Å². The highest BCUT2D eigenvalue weighted by molar-refractivity contribution is 9.10. The number of esters is 1. The Hall–Kier alpha value is -1.36. The van der Waals surface area contributed by atoms with Crippen molar-refractivity contribution in [1.29, 1.82) is 0 Å². The van der Waals surface area contributed by atoms with Crippen molar-refractivity contribution in [2.45, 2.75) is 0 Å². The van der Waals surface area contributed by atoms with E-state index < -0.39 is 0 Å². The van der Waals surface area contributed by atoms with Crippen molar-refractivity contribution in [2.24, 2.45) is 0 Å². The summed E-state index contributed by atoms with van der Waals surface area (Å²) in [6.07, 6.45) is 5.12. The number of carbonyl (C=O) groups excluding carboxylic acids is 1. The van der Waals surface area contributed by atoms with Crippen molar-refractivity contribution < 1.29 is 9.53 Å². The molecular formula is C9H7BrN2O2. The molecule has 0 atom stereocenters. The van der Waals surface area contributed by atoms with Crippen molar-refractivity contribution in [2.75, 3.05) is 7.11 Å². The van der Waals surface area contributed by atoms with Crippen LogP contribution in [0.25, 0.3) is 5.65 Å². The number of rotatable bonds is 1. The van der Waals surface area contributed by atoms with Gasteiger partial charge in [0.05, 0.1) is 12.7 Å². The molecule has 0 unspecified atom stereocenters. The van der Waals surface area contributed by atoms with Crippen LogP contribution in [-0.2, 0) is 4.74 Å². The normalized spacial score (nSPS) is 10.4. The summed E-state index contributed by atoms with van der Waals surface area (Å²) < 4.78 is 7.08. The molecule has 5 heteroatoms. The molecule has 0 fully saturated rings. The van der Waals surface area contributed by atoms with Crippen LogP contribution in [0, 0.1) is 0 Å². The molecule has 0 saturated carbocycles.